The van der Waals surface area contributed by atoms with E-state index in [2.05, 4.69) is 15.2 Å². The summed E-state index contributed by atoms with van der Waals surface area (Å²) < 4.78 is 31.5. The molecule has 1 atom stereocenters. The Morgan fingerprint density at radius 3 is 2.72 bits per heavy atom. The summed E-state index contributed by atoms with van der Waals surface area (Å²) in [5.41, 5.74) is 0.288. The highest BCUT2D eigenvalue weighted by Gasteiger charge is 2.31. The molecule has 1 saturated heterocycles. The van der Waals surface area contributed by atoms with Gasteiger partial charge in [-0.05, 0) is 26.7 Å². The number of hydrogen-bond donors (Lipinski definition) is 2. The molecule has 1 fully saturated rings. The smallest absolute Gasteiger partial charge is 0.246 e. The van der Waals surface area contributed by atoms with Crippen molar-refractivity contribution < 1.29 is 17.7 Å². The molecular formula is C10H15N3O4S. The molecule has 8 heteroatoms. The van der Waals surface area contributed by atoms with Crippen LogP contribution < -0.4 is 10.0 Å². The van der Waals surface area contributed by atoms with E-state index in [1.165, 1.54) is 6.92 Å². The number of sulfonamides is 1. The molecule has 0 bridgehead atoms. The van der Waals surface area contributed by atoms with Crippen LogP contribution in [-0.2, 0) is 14.8 Å². The highest BCUT2D eigenvalue weighted by molar-refractivity contribution is 7.89. The maximum Gasteiger partial charge on any atom is 0.246 e. The lowest BCUT2D eigenvalue weighted by Gasteiger charge is -2.22. The zero-order chi connectivity index (χ0) is 13.3. The van der Waals surface area contributed by atoms with Gasteiger partial charge in [-0.1, -0.05) is 5.16 Å². The first-order valence-electron chi connectivity index (χ1n) is 5.65. The minimum absolute atomic E-state index is 0.0147. The van der Waals surface area contributed by atoms with Crippen molar-refractivity contribution in [2.24, 2.45) is 0 Å². The molecule has 1 aliphatic heterocycles. The topological polar surface area (TPSA) is 101 Å². The Balaban J connectivity index is 2.25. The lowest BCUT2D eigenvalue weighted by molar-refractivity contribution is -0.124. The molecule has 2 rings (SSSR count). The zero-order valence-corrected chi connectivity index (χ0v) is 11.0. The molecule has 0 aromatic carbocycles. The molecule has 0 spiro atoms. The van der Waals surface area contributed by atoms with Crippen molar-refractivity contribution in [2.75, 3.05) is 6.54 Å². The lowest BCUT2D eigenvalue weighted by atomic mass is 10.1. The standard InChI is InChI=1S/C10H15N3O4S/c1-6-9(7(2)17-12-6)18(15,16)13-8-4-3-5-11-10(8)14/h8,13H,3-5H2,1-2H3,(H,11,14). The SMILES string of the molecule is Cc1noc(C)c1S(=O)(=O)NC1CCCNC1=O. The maximum atomic E-state index is 12.2. The third-order valence-electron chi connectivity index (χ3n) is 2.82. The summed E-state index contributed by atoms with van der Waals surface area (Å²) in [6.45, 7) is 3.66. The molecule has 0 radical (unpaired) electrons. The van der Waals surface area contributed by atoms with Gasteiger partial charge in [0.05, 0.1) is 0 Å². The van der Waals surface area contributed by atoms with Gasteiger partial charge in [-0.15, -0.1) is 0 Å². The number of nitrogens with one attached hydrogen (secondary N) is 2. The van der Waals surface area contributed by atoms with E-state index in [0.29, 0.717) is 13.0 Å². The average Bonchev–Trinajstić information content (AvgIpc) is 2.62. The highest BCUT2D eigenvalue weighted by atomic mass is 32.2. The van der Waals surface area contributed by atoms with Crippen LogP contribution in [0, 0.1) is 13.8 Å². The number of amides is 1. The van der Waals surface area contributed by atoms with Gasteiger partial charge in [0.15, 0.2) is 5.76 Å². The molecule has 2 N–H and O–H groups in total. The Hall–Kier alpha value is -1.41. The van der Waals surface area contributed by atoms with Crippen molar-refractivity contribution in [3.05, 3.63) is 11.5 Å². The Bertz CT molecular complexity index is 544. The molecular weight excluding hydrogens is 258 g/mol. The summed E-state index contributed by atoms with van der Waals surface area (Å²) in [5, 5.41) is 6.22. The first-order chi connectivity index (χ1) is 8.42. The minimum atomic E-state index is -3.78. The first-order valence-corrected chi connectivity index (χ1v) is 7.13. The van der Waals surface area contributed by atoms with E-state index in [9.17, 15) is 13.2 Å². The number of aromatic nitrogens is 1. The zero-order valence-electron chi connectivity index (χ0n) is 10.2. The number of nitrogens with zero attached hydrogens (tertiary/aromatic N) is 1. The summed E-state index contributed by atoms with van der Waals surface area (Å²) in [7, 11) is -3.78. The summed E-state index contributed by atoms with van der Waals surface area (Å²) in [6, 6.07) is -0.725. The van der Waals surface area contributed by atoms with Gasteiger partial charge in [0.1, 0.15) is 16.6 Å². The van der Waals surface area contributed by atoms with Crippen LogP contribution in [0.15, 0.2) is 9.42 Å². The van der Waals surface area contributed by atoms with Crippen LogP contribution >= 0.6 is 0 Å². The van der Waals surface area contributed by atoms with Gasteiger partial charge >= 0.3 is 0 Å². The lowest BCUT2D eigenvalue weighted by Crippen LogP contribution is -2.50. The summed E-state index contributed by atoms with van der Waals surface area (Å²) in [4.78, 5) is 11.5. The number of aryl methyl sites for hydroxylation is 2. The predicted molar refractivity (Wildman–Crippen MR) is 62.3 cm³/mol. The van der Waals surface area contributed by atoms with E-state index in [0.717, 1.165) is 6.42 Å². The van der Waals surface area contributed by atoms with Crippen LogP contribution in [0.5, 0.6) is 0 Å². The molecule has 0 saturated carbocycles. The number of carbonyl (C=O) groups excluding carboxylic acids is 1. The number of hydrogen-bond acceptors (Lipinski definition) is 5. The fourth-order valence-electron chi connectivity index (χ4n) is 1.99. The second-order valence-electron chi connectivity index (χ2n) is 4.26. The molecule has 0 aliphatic carbocycles. The number of rotatable bonds is 3. The molecule has 1 aromatic rings. The van der Waals surface area contributed by atoms with Gasteiger partial charge in [0.25, 0.3) is 0 Å². The molecule has 1 unspecified atom stereocenters. The van der Waals surface area contributed by atoms with Gasteiger partial charge in [-0.25, -0.2) is 8.42 Å². The largest absolute Gasteiger partial charge is 0.360 e. The third kappa shape index (κ3) is 2.39. The third-order valence-corrected chi connectivity index (χ3v) is 4.53. The minimum Gasteiger partial charge on any atom is -0.360 e. The molecule has 7 nitrogen and oxygen atoms in total. The van der Waals surface area contributed by atoms with Crippen LogP contribution in [0.2, 0.25) is 0 Å². The molecule has 2 heterocycles. The van der Waals surface area contributed by atoms with Gasteiger partial charge in [-0.2, -0.15) is 4.72 Å². The van der Waals surface area contributed by atoms with Gasteiger partial charge in [0, 0.05) is 6.54 Å². The van der Waals surface area contributed by atoms with Crippen molar-refractivity contribution in [1.29, 1.82) is 0 Å². The second kappa shape index (κ2) is 4.69. The molecule has 1 aromatic heterocycles. The van der Waals surface area contributed by atoms with Crippen molar-refractivity contribution >= 4 is 15.9 Å². The van der Waals surface area contributed by atoms with Crippen molar-refractivity contribution in [1.82, 2.24) is 15.2 Å². The van der Waals surface area contributed by atoms with Crippen LogP contribution in [0.25, 0.3) is 0 Å². The van der Waals surface area contributed by atoms with Gasteiger partial charge in [-0.3, -0.25) is 4.79 Å². The normalized spacial score (nSPS) is 20.8. The van der Waals surface area contributed by atoms with Crippen molar-refractivity contribution in [3.8, 4) is 0 Å². The molecule has 1 amide bonds. The molecule has 100 valence electrons. The average molecular weight is 273 g/mol. The Morgan fingerprint density at radius 2 is 2.17 bits per heavy atom. The summed E-state index contributed by atoms with van der Waals surface area (Å²) in [6.07, 6.45) is 1.25. The monoisotopic (exact) mass is 273 g/mol. The first kappa shape index (κ1) is 13.0. The second-order valence-corrected chi connectivity index (χ2v) is 5.91. The van der Waals surface area contributed by atoms with Crippen LogP contribution in [0.1, 0.15) is 24.3 Å². The number of carbonyl (C=O) groups is 1. The van der Waals surface area contributed by atoms with Gasteiger partial charge < -0.3 is 9.84 Å². The Labute approximate surface area is 105 Å². The van der Waals surface area contributed by atoms with E-state index in [1.54, 1.807) is 6.92 Å². The molecule has 18 heavy (non-hydrogen) atoms. The fourth-order valence-corrected chi connectivity index (χ4v) is 3.55. The predicted octanol–water partition coefficient (Wildman–Crippen LogP) is -0.152. The highest BCUT2D eigenvalue weighted by Crippen LogP contribution is 2.19. The Kier molecular flexibility index (Phi) is 3.40. The fraction of sp³-hybridized carbons (Fsp3) is 0.600. The van der Waals surface area contributed by atoms with Crippen LogP contribution in [-0.4, -0.2) is 32.1 Å². The summed E-state index contributed by atoms with van der Waals surface area (Å²) in [5.74, 6) is -0.0761. The Morgan fingerprint density at radius 1 is 1.44 bits per heavy atom. The maximum absolute atomic E-state index is 12.2. The van der Waals surface area contributed by atoms with E-state index in [1.807, 2.05) is 0 Å². The van der Waals surface area contributed by atoms with E-state index in [4.69, 9.17) is 4.52 Å². The summed E-state index contributed by atoms with van der Waals surface area (Å²) >= 11 is 0. The van der Waals surface area contributed by atoms with Crippen molar-refractivity contribution in [3.63, 3.8) is 0 Å². The van der Waals surface area contributed by atoms with E-state index >= 15 is 0 Å². The van der Waals surface area contributed by atoms with Crippen LogP contribution in [0.4, 0.5) is 0 Å². The van der Waals surface area contributed by atoms with E-state index in [-0.39, 0.29) is 22.3 Å². The van der Waals surface area contributed by atoms with E-state index < -0.39 is 16.1 Å². The van der Waals surface area contributed by atoms with Crippen molar-refractivity contribution in [2.45, 2.75) is 37.6 Å². The quantitative estimate of drug-likeness (QED) is 0.797. The van der Waals surface area contributed by atoms with Crippen LogP contribution in [0.3, 0.4) is 0 Å². The molecule has 1 aliphatic rings. The number of piperidine rings is 1. The van der Waals surface area contributed by atoms with Gasteiger partial charge in [0.2, 0.25) is 15.9 Å².